The number of nitro benzene ring substituents is 1. The van der Waals surface area contributed by atoms with Crippen LogP contribution < -0.4 is 4.74 Å². The largest absolute Gasteiger partial charge is 0.426 e. The molecule has 0 aliphatic rings. The summed E-state index contributed by atoms with van der Waals surface area (Å²) in [5, 5.41) is 10.5. The molecule has 0 heterocycles. The Labute approximate surface area is 107 Å². The number of rotatable bonds is 4. The van der Waals surface area contributed by atoms with Gasteiger partial charge in [-0.15, -0.1) is 0 Å². The number of nitro groups is 1. The van der Waals surface area contributed by atoms with E-state index in [1.165, 1.54) is 24.3 Å². The van der Waals surface area contributed by atoms with Gasteiger partial charge in [-0.1, -0.05) is 29.3 Å². The van der Waals surface area contributed by atoms with E-state index in [2.05, 4.69) is 0 Å². The first-order valence-electron chi connectivity index (χ1n) is 4.45. The zero-order chi connectivity index (χ0) is 12.8. The summed E-state index contributed by atoms with van der Waals surface area (Å²) in [7, 11) is 0. The fourth-order valence-corrected chi connectivity index (χ4v) is 1.15. The van der Waals surface area contributed by atoms with E-state index < -0.39 is 10.9 Å². The maximum absolute atomic E-state index is 11.2. The van der Waals surface area contributed by atoms with Crippen LogP contribution in [0.3, 0.4) is 0 Å². The summed E-state index contributed by atoms with van der Waals surface area (Å²) in [6.07, 6.45) is 1.16. The van der Waals surface area contributed by atoms with Crippen LogP contribution in [0.4, 0.5) is 5.69 Å². The van der Waals surface area contributed by atoms with Crippen molar-refractivity contribution in [3.63, 3.8) is 0 Å². The van der Waals surface area contributed by atoms with Gasteiger partial charge in [-0.05, 0) is 12.1 Å². The number of carbonyl (C=O) groups is 1. The second-order valence-electron chi connectivity index (χ2n) is 2.93. The summed E-state index contributed by atoms with van der Waals surface area (Å²) in [6, 6.07) is 5.32. The second-order valence-corrected chi connectivity index (χ2v) is 3.93. The number of halogens is 2. The number of ether oxygens (including phenoxy) is 1. The van der Waals surface area contributed by atoms with Gasteiger partial charge in [0.05, 0.1) is 17.4 Å². The molecule has 0 atom stereocenters. The quantitative estimate of drug-likeness (QED) is 0.366. The van der Waals surface area contributed by atoms with E-state index >= 15 is 0 Å². The molecule has 17 heavy (non-hydrogen) atoms. The fourth-order valence-electron chi connectivity index (χ4n) is 0.994. The highest BCUT2D eigenvalue weighted by Crippen LogP contribution is 2.19. The monoisotopic (exact) mass is 275 g/mol. The molecular formula is C10H7Cl2NO4. The molecule has 0 saturated carbocycles. The zero-order valence-corrected chi connectivity index (χ0v) is 9.94. The molecule has 5 nitrogen and oxygen atoms in total. The zero-order valence-electron chi connectivity index (χ0n) is 8.43. The van der Waals surface area contributed by atoms with E-state index in [1.807, 2.05) is 0 Å². The Bertz CT molecular complexity index is 469. The van der Waals surface area contributed by atoms with Gasteiger partial charge < -0.3 is 4.74 Å². The third kappa shape index (κ3) is 4.84. The first-order chi connectivity index (χ1) is 7.99. The molecule has 0 bridgehead atoms. The van der Waals surface area contributed by atoms with Gasteiger partial charge in [-0.2, -0.15) is 0 Å². The first-order valence-corrected chi connectivity index (χ1v) is 5.21. The summed E-state index contributed by atoms with van der Waals surface area (Å²) in [6.45, 7) is 0. The van der Waals surface area contributed by atoms with Crippen molar-refractivity contribution in [1.29, 1.82) is 0 Å². The van der Waals surface area contributed by atoms with Crippen LogP contribution in [0, 0.1) is 10.1 Å². The lowest BCUT2D eigenvalue weighted by molar-refractivity contribution is -0.384. The van der Waals surface area contributed by atoms with Crippen molar-refractivity contribution >= 4 is 34.9 Å². The number of esters is 1. The van der Waals surface area contributed by atoms with Gasteiger partial charge >= 0.3 is 5.97 Å². The molecule has 0 aromatic heterocycles. The summed E-state index contributed by atoms with van der Waals surface area (Å²) in [5.41, 5.74) is -0.152. The van der Waals surface area contributed by atoms with Crippen molar-refractivity contribution < 1.29 is 14.5 Å². The van der Waals surface area contributed by atoms with Gasteiger partial charge in [0.25, 0.3) is 5.69 Å². The van der Waals surface area contributed by atoms with Crippen LogP contribution in [-0.2, 0) is 4.79 Å². The van der Waals surface area contributed by atoms with Gasteiger partial charge in [0.15, 0.2) is 0 Å². The Morgan fingerprint density at radius 1 is 1.47 bits per heavy atom. The molecule has 0 unspecified atom stereocenters. The van der Waals surface area contributed by atoms with Crippen LogP contribution in [0.2, 0.25) is 0 Å². The van der Waals surface area contributed by atoms with Crippen LogP contribution in [0.1, 0.15) is 6.42 Å². The van der Waals surface area contributed by atoms with Crippen molar-refractivity contribution in [1.82, 2.24) is 0 Å². The molecule has 90 valence electrons. The number of hydrogen-bond donors (Lipinski definition) is 0. The Morgan fingerprint density at radius 3 is 2.76 bits per heavy atom. The molecule has 1 aromatic carbocycles. The average molecular weight is 276 g/mol. The fraction of sp³-hybridized carbons (Fsp3) is 0.100. The summed E-state index contributed by atoms with van der Waals surface area (Å²) in [4.78, 5) is 21.1. The van der Waals surface area contributed by atoms with Gasteiger partial charge in [0, 0.05) is 6.07 Å². The number of non-ortho nitro benzene ring substituents is 1. The minimum absolute atomic E-state index is 0.0407. The minimum Gasteiger partial charge on any atom is -0.426 e. The van der Waals surface area contributed by atoms with Crippen molar-refractivity contribution in [2.45, 2.75) is 6.42 Å². The first kappa shape index (κ1) is 13.5. The van der Waals surface area contributed by atoms with E-state index in [9.17, 15) is 14.9 Å². The van der Waals surface area contributed by atoms with Gasteiger partial charge in [0.1, 0.15) is 10.2 Å². The average Bonchev–Trinajstić information content (AvgIpc) is 2.26. The summed E-state index contributed by atoms with van der Waals surface area (Å²) >= 11 is 10.6. The van der Waals surface area contributed by atoms with Crippen molar-refractivity contribution in [2.24, 2.45) is 0 Å². The maximum atomic E-state index is 11.2. The molecule has 0 radical (unpaired) electrons. The van der Waals surface area contributed by atoms with E-state index in [1.54, 1.807) is 0 Å². The SMILES string of the molecule is O=C(CC=C(Cl)Cl)Oc1cccc([N+](=O)[O-])c1. The van der Waals surface area contributed by atoms with E-state index in [-0.39, 0.29) is 22.3 Å². The number of hydrogen-bond acceptors (Lipinski definition) is 4. The predicted molar refractivity (Wildman–Crippen MR) is 63.1 cm³/mol. The van der Waals surface area contributed by atoms with Crippen LogP contribution >= 0.6 is 23.2 Å². The molecule has 0 amide bonds. The molecule has 0 aliphatic heterocycles. The summed E-state index contributed by atoms with van der Waals surface area (Å²) < 4.78 is 4.81. The van der Waals surface area contributed by atoms with Crippen LogP contribution in [-0.4, -0.2) is 10.9 Å². The number of nitrogens with zero attached hydrogens (tertiary/aromatic N) is 1. The smallest absolute Gasteiger partial charge is 0.315 e. The Hall–Kier alpha value is -1.59. The van der Waals surface area contributed by atoms with E-state index in [0.29, 0.717) is 0 Å². The van der Waals surface area contributed by atoms with Crippen LogP contribution in [0.5, 0.6) is 5.75 Å². The standard InChI is InChI=1S/C10H7Cl2NO4/c11-9(12)4-5-10(14)17-8-3-1-2-7(6-8)13(15)16/h1-4,6H,5H2. The molecule has 0 N–H and O–H groups in total. The normalized spacial score (nSPS) is 9.53. The molecule has 1 aromatic rings. The highest BCUT2D eigenvalue weighted by atomic mass is 35.5. The number of benzene rings is 1. The highest BCUT2D eigenvalue weighted by molar-refractivity contribution is 6.55. The lowest BCUT2D eigenvalue weighted by Crippen LogP contribution is -2.06. The molecule has 7 heteroatoms. The predicted octanol–water partition coefficient (Wildman–Crippen LogP) is 3.21. The molecule has 0 saturated heterocycles. The topological polar surface area (TPSA) is 69.4 Å². The van der Waals surface area contributed by atoms with E-state index in [4.69, 9.17) is 27.9 Å². The van der Waals surface area contributed by atoms with Gasteiger partial charge in [0.2, 0.25) is 0 Å². The minimum atomic E-state index is -0.607. The molecule has 0 spiro atoms. The third-order valence-corrected chi connectivity index (χ3v) is 1.99. The molecule has 0 aliphatic carbocycles. The number of carbonyl (C=O) groups excluding carboxylic acids is 1. The Morgan fingerprint density at radius 2 is 2.18 bits per heavy atom. The third-order valence-electron chi connectivity index (χ3n) is 1.68. The molecule has 0 fully saturated rings. The second kappa shape index (κ2) is 6.22. The lowest BCUT2D eigenvalue weighted by atomic mass is 10.3. The Balaban J connectivity index is 2.68. The van der Waals surface area contributed by atoms with Gasteiger partial charge in [-0.25, -0.2) is 0 Å². The van der Waals surface area contributed by atoms with Crippen LogP contribution in [0.15, 0.2) is 34.8 Å². The molecule has 1 rings (SSSR count). The lowest BCUT2D eigenvalue weighted by Gasteiger charge is -2.01. The van der Waals surface area contributed by atoms with Crippen molar-refractivity contribution in [3.05, 3.63) is 44.9 Å². The summed E-state index contributed by atoms with van der Waals surface area (Å²) in [5.74, 6) is -0.507. The van der Waals surface area contributed by atoms with E-state index in [0.717, 1.165) is 6.07 Å². The maximum Gasteiger partial charge on any atom is 0.315 e. The molecular weight excluding hydrogens is 269 g/mol. The van der Waals surface area contributed by atoms with Crippen LogP contribution in [0.25, 0.3) is 0 Å². The van der Waals surface area contributed by atoms with Gasteiger partial charge in [-0.3, -0.25) is 14.9 Å². The van der Waals surface area contributed by atoms with Crippen molar-refractivity contribution in [3.8, 4) is 5.75 Å². The van der Waals surface area contributed by atoms with Crippen molar-refractivity contribution in [2.75, 3.05) is 0 Å². The highest BCUT2D eigenvalue weighted by Gasteiger charge is 2.09. The Kier molecular flexibility index (Phi) is 4.93.